The first-order valence-corrected chi connectivity index (χ1v) is 8.89. The Morgan fingerprint density at radius 1 is 1.12 bits per heavy atom. The maximum Gasteiger partial charge on any atom is 0.258 e. The Balaban J connectivity index is 2.11. The molecule has 0 saturated carbocycles. The predicted molar refractivity (Wildman–Crippen MR) is 90.0 cm³/mol. The Bertz CT molecular complexity index is 950. The number of hydrogen-bond donors (Lipinski definition) is 1. The minimum atomic E-state index is -3.55. The summed E-state index contributed by atoms with van der Waals surface area (Å²) in [7, 11) is -2.17. The third kappa shape index (κ3) is 3.37. The molecule has 24 heavy (non-hydrogen) atoms. The molecule has 0 aliphatic carbocycles. The number of benzene rings is 2. The van der Waals surface area contributed by atoms with Gasteiger partial charge in [0.15, 0.2) is 5.82 Å². The van der Waals surface area contributed by atoms with Crippen molar-refractivity contribution in [1.82, 2.24) is 14.9 Å². The highest BCUT2D eigenvalue weighted by molar-refractivity contribution is 7.89. The second kappa shape index (κ2) is 6.54. The van der Waals surface area contributed by atoms with Crippen LogP contribution in [0.1, 0.15) is 17.0 Å². The molecule has 0 unspecified atom stereocenters. The molecule has 0 atom stereocenters. The molecule has 1 aromatic heterocycles. The average Bonchev–Trinajstić information content (AvgIpc) is 3.02. The molecule has 0 saturated heterocycles. The first kappa shape index (κ1) is 16.4. The van der Waals surface area contributed by atoms with Crippen LogP contribution in [0.3, 0.4) is 0 Å². The number of nitrogens with one attached hydrogen (secondary N) is 1. The van der Waals surface area contributed by atoms with Gasteiger partial charge in [0.1, 0.15) is 0 Å². The van der Waals surface area contributed by atoms with E-state index in [2.05, 4.69) is 14.9 Å². The molecule has 3 aromatic rings. The zero-order chi connectivity index (χ0) is 17.2. The average molecular weight is 343 g/mol. The van der Waals surface area contributed by atoms with E-state index >= 15 is 0 Å². The quantitative estimate of drug-likeness (QED) is 0.769. The minimum Gasteiger partial charge on any atom is -0.334 e. The standard InChI is InChI=1S/C17H17N3O3S/c1-12-19-17(23-20-12)16-11-15(24(21,22)18-2)9-8-14(16)10-13-6-4-3-5-7-13/h3-9,11,18H,10H2,1-2H3. The number of sulfonamides is 1. The molecule has 6 nitrogen and oxygen atoms in total. The van der Waals surface area contributed by atoms with Crippen molar-refractivity contribution in [3.63, 3.8) is 0 Å². The van der Waals surface area contributed by atoms with E-state index in [0.717, 1.165) is 11.1 Å². The Hall–Kier alpha value is -2.51. The molecule has 0 aliphatic rings. The molecule has 0 bridgehead atoms. The lowest BCUT2D eigenvalue weighted by Gasteiger charge is -2.10. The van der Waals surface area contributed by atoms with E-state index in [1.807, 2.05) is 30.3 Å². The third-order valence-electron chi connectivity index (χ3n) is 3.66. The number of hydrogen-bond acceptors (Lipinski definition) is 5. The third-order valence-corrected chi connectivity index (χ3v) is 5.07. The van der Waals surface area contributed by atoms with Crippen LogP contribution in [-0.2, 0) is 16.4 Å². The summed E-state index contributed by atoms with van der Waals surface area (Å²) < 4.78 is 31.7. The van der Waals surface area contributed by atoms with Gasteiger partial charge in [-0.15, -0.1) is 0 Å². The summed E-state index contributed by atoms with van der Waals surface area (Å²) in [6.45, 7) is 1.72. The van der Waals surface area contributed by atoms with E-state index in [9.17, 15) is 8.42 Å². The molecule has 0 fully saturated rings. The molecule has 124 valence electrons. The predicted octanol–water partition coefficient (Wildman–Crippen LogP) is 2.54. The zero-order valence-electron chi connectivity index (χ0n) is 13.4. The molecular weight excluding hydrogens is 326 g/mol. The van der Waals surface area contributed by atoms with Crippen LogP contribution >= 0.6 is 0 Å². The number of aryl methyl sites for hydroxylation is 1. The monoisotopic (exact) mass is 343 g/mol. The molecular formula is C17H17N3O3S. The number of aromatic nitrogens is 2. The molecule has 2 aromatic carbocycles. The lowest BCUT2D eigenvalue weighted by atomic mass is 10.00. The summed E-state index contributed by atoms with van der Waals surface area (Å²) in [6.07, 6.45) is 0.636. The summed E-state index contributed by atoms with van der Waals surface area (Å²) in [5, 5.41) is 3.80. The van der Waals surface area contributed by atoms with Crippen LogP contribution in [-0.4, -0.2) is 25.6 Å². The largest absolute Gasteiger partial charge is 0.334 e. The van der Waals surface area contributed by atoms with E-state index < -0.39 is 10.0 Å². The van der Waals surface area contributed by atoms with Crippen LogP contribution in [0.2, 0.25) is 0 Å². The minimum absolute atomic E-state index is 0.160. The van der Waals surface area contributed by atoms with Crippen LogP contribution < -0.4 is 4.72 Å². The lowest BCUT2D eigenvalue weighted by Crippen LogP contribution is -2.18. The maximum atomic E-state index is 12.1. The fraction of sp³-hybridized carbons (Fsp3) is 0.176. The summed E-state index contributed by atoms with van der Waals surface area (Å²) in [4.78, 5) is 4.40. The second-order valence-electron chi connectivity index (χ2n) is 5.34. The smallest absolute Gasteiger partial charge is 0.258 e. The Labute approximate surface area is 140 Å². The van der Waals surface area contributed by atoms with Gasteiger partial charge in [0, 0.05) is 5.56 Å². The van der Waals surface area contributed by atoms with E-state index in [4.69, 9.17) is 4.52 Å². The molecule has 0 aliphatic heterocycles. The zero-order valence-corrected chi connectivity index (χ0v) is 14.2. The van der Waals surface area contributed by atoms with Crippen LogP contribution in [0, 0.1) is 6.92 Å². The van der Waals surface area contributed by atoms with E-state index in [1.54, 1.807) is 25.1 Å². The van der Waals surface area contributed by atoms with E-state index in [1.165, 1.54) is 7.05 Å². The first-order valence-electron chi connectivity index (χ1n) is 7.40. The number of nitrogens with zero attached hydrogens (tertiary/aromatic N) is 2. The second-order valence-corrected chi connectivity index (χ2v) is 7.22. The normalized spacial score (nSPS) is 11.6. The van der Waals surface area contributed by atoms with Gasteiger partial charge >= 0.3 is 0 Å². The highest BCUT2D eigenvalue weighted by Gasteiger charge is 2.18. The van der Waals surface area contributed by atoms with Crippen molar-refractivity contribution in [2.75, 3.05) is 7.05 Å². The SMILES string of the molecule is CNS(=O)(=O)c1ccc(Cc2ccccc2)c(-c2nc(C)no2)c1. The van der Waals surface area contributed by atoms with E-state index in [-0.39, 0.29) is 4.90 Å². The van der Waals surface area contributed by atoms with Crippen molar-refractivity contribution in [2.24, 2.45) is 0 Å². The molecule has 0 spiro atoms. The van der Waals surface area contributed by atoms with E-state index in [0.29, 0.717) is 23.7 Å². The van der Waals surface area contributed by atoms with Crippen molar-refractivity contribution in [3.8, 4) is 11.5 Å². The fourth-order valence-corrected chi connectivity index (χ4v) is 3.17. The van der Waals surface area contributed by atoms with Crippen LogP contribution in [0.4, 0.5) is 0 Å². The number of rotatable bonds is 5. The molecule has 1 N–H and O–H groups in total. The van der Waals surface area contributed by atoms with Crippen molar-refractivity contribution in [1.29, 1.82) is 0 Å². The van der Waals surface area contributed by atoms with Gasteiger partial charge in [-0.1, -0.05) is 41.6 Å². The molecule has 0 radical (unpaired) electrons. The van der Waals surface area contributed by atoms with Gasteiger partial charge in [-0.05, 0) is 43.7 Å². The van der Waals surface area contributed by atoms with Crippen molar-refractivity contribution >= 4 is 10.0 Å². The van der Waals surface area contributed by atoms with Gasteiger partial charge < -0.3 is 4.52 Å². The summed E-state index contributed by atoms with van der Waals surface area (Å²) in [5.74, 6) is 0.809. The van der Waals surface area contributed by atoms with Gasteiger partial charge in [0.25, 0.3) is 5.89 Å². The first-order chi connectivity index (χ1) is 11.5. The van der Waals surface area contributed by atoms with Crippen LogP contribution in [0.5, 0.6) is 0 Å². The summed E-state index contributed by atoms with van der Waals surface area (Å²) in [5.41, 5.74) is 2.65. The highest BCUT2D eigenvalue weighted by Crippen LogP contribution is 2.27. The van der Waals surface area contributed by atoms with Gasteiger partial charge in [-0.25, -0.2) is 13.1 Å². The lowest BCUT2D eigenvalue weighted by molar-refractivity contribution is 0.425. The maximum absolute atomic E-state index is 12.1. The summed E-state index contributed by atoms with van der Waals surface area (Å²) in [6, 6.07) is 14.8. The van der Waals surface area contributed by atoms with Gasteiger partial charge in [-0.3, -0.25) is 0 Å². The topological polar surface area (TPSA) is 85.1 Å². The van der Waals surface area contributed by atoms with Crippen LogP contribution in [0.15, 0.2) is 57.9 Å². The molecule has 3 rings (SSSR count). The fourth-order valence-electron chi connectivity index (χ4n) is 2.42. The highest BCUT2D eigenvalue weighted by atomic mass is 32.2. The van der Waals surface area contributed by atoms with Crippen molar-refractivity contribution in [2.45, 2.75) is 18.2 Å². The van der Waals surface area contributed by atoms with Crippen molar-refractivity contribution < 1.29 is 12.9 Å². The van der Waals surface area contributed by atoms with Gasteiger partial charge in [-0.2, -0.15) is 4.98 Å². The molecule has 7 heteroatoms. The Morgan fingerprint density at radius 2 is 1.88 bits per heavy atom. The summed E-state index contributed by atoms with van der Waals surface area (Å²) >= 11 is 0. The van der Waals surface area contributed by atoms with Crippen molar-refractivity contribution in [3.05, 3.63) is 65.5 Å². The van der Waals surface area contributed by atoms with Crippen LogP contribution in [0.25, 0.3) is 11.5 Å². The van der Waals surface area contributed by atoms with Gasteiger partial charge in [0.05, 0.1) is 4.90 Å². The molecule has 1 heterocycles. The van der Waals surface area contributed by atoms with Gasteiger partial charge in [0.2, 0.25) is 10.0 Å². The molecule has 0 amide bonds. The Kier molecular flexibility index (Phi) is 4.46. The Morgan fingerprint density at radius 3 is 2.50 bits per heavy atom.